The zero-order valence-electron chi connectivity index (χ0n) is 37.1. The van der Waals surface area contributed by atoms with Crippen LogP contribution in [0.4, 0.5) is 5.69 Å². The molecule has 5 atom stereocenters. The molecule has 3 aliphatic heterocycles. The minimum Gasteiger partial charge on any atom is -0.461 e. The highest BCUT2D eigenvalue weighted by Crippen LogP contribution is 2.26. The molecular weight excluding hydrogens is 767 g/mol. The number of nitrogens with two attached hydrogens (primary N) is 1. The monoisotopic (exact) mass is 838 g/mol. The Morgan fingerprint density at radius 2 is 1.43 bits per heavy atom. The van der Waals surface area contributed by atoms with Crippen molar-refractivity contribution in [2.45, 2.75) is 130 Å². The van der Waals surface area contributed by atoms with Crippen LogP contribution >= 0.6 is 0 Å². The van der Waals surface area contributed by atoms with E-state index in [-0.39, 0.29) is 48.6 Å². The van der Waals surface area contributed by atoms with Gasteiger partial charge in [-0.1, -0.05) is 68.8 Å². The maximum absolute atomic E-state index is 13.5. The second-order valence-electron chi connectivity index (χ2n) is 14.8. The summed E-state index contributed by atoms with van der Waals surface area (Å²) < 4.78 is 5.54. The zero-order valence-corrected chi connectivity index (χ0v) is 37.1. The standard InChI is InChI=1S/C24H38N4O6.C9H11NO.C7H8.C3H8N2O.C2H6/c1-16(15-29)25-22(31)18-8-4-5-12-28(18)23(32)19-9-7-13-27(19)21(30)14-17(2)34-24(33)20-10-6-11-26(20)3;1-2-8-3-5-9(6-4-8)10-7-11;1-7-5-3-2-4-6-7;1-5-2-3(4)6;1-2/h15-20H,4-14H2,1-3H3,(H,25,31);3-7H,2H2,1H3,(H,10,11);2-6H,1H3;5H,2H2,1H3,(H2,4,6);1-2H3. The Balaban J connectivity index is 0.000000555. The number of anilines is 1. The highest BCUT2D eigenvalue weighted by molar-refractivity contribution is 5.93. The predicted octanol–water partition coefficient (Wildman–Crippen LogP) is 4.01. The first-order valence-corrected chi connectivity index (χ1v) is 21.3. The van der Waals surface area contributed by atoms with Crippen molar-refractivity contribution in [3.05, 3.63) is 65.7 Å². The fourth-order valence-corrected chi connectivity index (χ4v) is 6.84. The van der Waals surface area contributed by atoms with Gasteiger partial charge in [-0.15, -0.1) is 0 Å². The Bertz CT molecular complexity index is 1590. The molecule has 0 bridgehead atoms. The number of nitrogens with one attached hydrogen (secondary N) is 3. The van der Waals surface area contributed by atoms with Crippen LogP contribution in [-0.2, 0) is 44.7 Å². The quantitative estimate of drug-likeness (QED) is 0.169. The van der Waals surface area contributed by atoms with Gasteiger partial charge >= 0.3 is 5.97 Å². The number of aryl methyl sites for hydroxylation is 2. The molecule has 5 unspecified atom stereocenters. The smallest absolute Gasteiger partial charge is 0.323 e. The van der Waals surface area contributed by atoms with Crippen molar-refractivity contribution in [2.75, 3.05) is 45.6 Å². The number of amides is 5. The van der Waals surface area contributed by atoms with Crippen molar-refractivity contribution in [1.82, 2.24) is 25.3 Å². The topological polar surface area (TPSA) is 201 Å². The summed E-state index contributed by atoms with van der Waals surface area (Å²) in [6.45, 7) is 13.5. The normalized spacial score (nSPS) is 19.0. The van der Waals surface area contributed by atoms with Crippen LogP contribution in [-0.4, -0.2) is 128 Å². The van der Waals surface area contributed by atoms with Gasteiger partial charge < -0.3 is 41.0 Å². The number of benzene rings is 2. The highest BCUT2D eigenvalue weighted by Gasteiger charge is 2.41. The van der Waals surface area contributed by atoms with E-state index in [9.17, 15) is 33.6 Å². The number of carbonyl (C=O) groups excluding carboxylic acids is 7. The van der Waals surface area contributed by atoms with Crippen LogP contribution in [0.15, 0.2) is 54.6 Å². The molecule has 5 N–H and O–H groups in total. The molecule has 3 aliphatic rings. The number of piperidine rings is 1. The molecule has 334 valence electrons. The number of aldehydes is 1. The van der Waals surface area contributed by atoms with Gasteiger partial charge in [0.25, 0.3) is 0 Å². The van der Waals surface area contributed by atoms with Gasteiger partial charge in [-0.3, -0.25) is 33.7 Å². The van der Waals surface area contributed by atoms with Crippen LogP contribution in [0.5, 0.6) is 0 Å². The number of nitrogens with zero attached hydrogens (tertiary/aromatic N) is 3. The summed E-state index contributed by atoms with van der Waals surface area (Å²) in [7, 11) is 3.56. The van der Waals surface area contributed by atoms with Crippen molar-refractivity contribution in [2.24, 2.45) is 5.73 Å². The molecule has 3 heterocycles. The van der Waals surface area contributed by atoms with Crippen LogP contribution < -0.4 is 21.7 Å². The number of primary amides is 1. The summed E-state index contributed by atoms with van der Waals surface area (Å²) in [5.41, 5.74) is 8.15. The first-order chi connectivity index (χ1) is 28.8. The largest absolute Gasteiger partial charge is 0.461 e. The lowest BCUT2D eigenvalue weighted by atomic mass is 9.99. The van der Waals surface area contributed by atoms with Gasteiger partial charge in [-0.25, -0.2) is 0 Å². The van der Waals surface area contributed by atoms with E-state index in [0.29, 0.717) is 45.0 Å². The van der Waals surface area contributed by atoms with Crippen LogP contribution in [0.2, 0.25) is 0 Å². The van der Waals surface area contributed by atoms with E-state index in [2.05, 4.69) is 41.9 Å². The summed E-state index contributed by atoms with van der Waals surface area (Å²) >= 11 is 0. The highest BCUT2D eigenvalue weighted by atomic mass is 16.5. The van der Waals surface area contributed by atoms with Gasteiger partial charge in [-0.2, -0.15) is 0 Å². The van der Waals surface area contributed by atoms with Crippen molar-refractivity contribution in [3.8, 4) is 0 Å². The fraction of sp³-hybridized carbons (Fsp3) is 0.578. The molecule has 0 spiro atoms. The van der Waals surface area contributed by atoms with Crippen molar-refractivity contribution < 1.29 is 38.3 Å². The number of likely N-dealkylation sites (tertiary alicyclic amines) is 3. The molecule has 2 aromatic rings. The van der Waals surface area contributed by atoms with Crippen LogP contribution in [0.1, 0.15) is 97.1 Å². The fourth-order valence-electron chi connectivity index (χ4n) is 6.84. The molecule has 3 saturated heterocycles. The maximum Gasteiger partial charge on any atom is 0.323 e. The molecule has 15 heteroatoms. The molecule has 5 rings (SSSR count). The lowest BCUT2D eigenvalue weighted by Crippen LogP contribution is -2.58. The van der Waals surface area contributed by atoms with Gasteiger partial charge in [0.2, 0.25) is 30.0 Å². The van der Waals surface area contributed by atoms with Crippen LogP contribution in [0.3, 0.4) is 0 Å². The third kappa shape index (κ3) is 19.3. The predicted molar refractivity (Wildman–Crippen MR) is 235 cm³/mol. The molecule has 2 aromatic carbocycles. The third-order valence-corrected chi connectivity index (χ3v) is 9.97. The van der Waals surface area contributed by atoms with E-state index in [1.807, 2.05) is 68.3 Å². The zero-order chi connectivity index (χ0) is 45.0. The van der Waals surface area contributed by atoms with E-state index < -0.39 is 24.2 Å². The van der Waals surface area contributed by atoms with E-state index in [1.54, 1.807) is 30.7 Å². The maximum atomic E-state index is 13.5. The number of hydrogen-bond donors (Lipinski definition) is 4. The van der Waals surface area contributed by atoms with E-state index >= 15 is 0 Å². The molecule has 5 amide bonds. The van der Waals surface area contributed by atoms with Gasteiger partial charge in [0.15, 0.2) is 0 Å². The molecule has 60 heavy (non-hydrogen) atoms. The Morgan fingerprint density at radius 1 is 0.833 bits per heavy atom. The summed E-state index contributed by atoms with van der Waals surface area (Å²) in [6, 6.07) is 15.9. The molecule has 0 aliphatic carbocycles. The first-order valence-electron chi connectivity index (χ1n) is 21.3. The number of hydrogen-bond acceptors (Lipinski definition) is 10. The van der Waals surface area contributed by atoms with Gasteiger partial charge in [0.05, 0.1) is 19.0 Å². The number of ether oxygens (including phenoxy) is 1. The Kier molecular flexibility index (Phi) is 26.4. The molecule has 3 fully saturated rings. The average molecular weight is 838 g/mol. The average Bonchev–Trinajstić information content (AvgIpc) is 3.92. The van der Waals surface area contributed by atoms with Gasteiger partial charge in [0, 0.05) is 18.8 Å². The second kappa shape index (κ2) is 30.0. The third-order valence-electron chi connectivity index (χ3n) is 9.97. The van der Waals surface area contributed by atoms with Crippen LogP contribution in [0.25, 0.3) is 0 Å². The second-order valence-corrected chi connectivity index (χ2v) is 14.8. The molecule has 0 aromatic heterocycles. The lowest BCUT2D eigenvalue weighted by Gasteiger charge is -2.38. The summed E-state index contributed by atoms with van der Waals surface area (Å²) in [6.07, 6.45) is 6.91. The van der Waals surface area contributed by atoms with Crippen molar-refractivity contribution >= 4 is 48.0 Å². The summed E-state index contributed by atoms with van der Waals surface area (Å²) in [4.78, 5) is 87.5. The Labute approximate surface area is 357 Å². The van der Waals surface area contributed by atoms with Crippen molar-refractivity contribution in [1.29, 1.82) is 0 Å². The number of esters is 1. The van der Waals surface area contributed by atoms with Gasteiger partial charge in [0.1, 0.15) is 30.5 Å². The SMILES string of the molecule is CC.CC(C=O)NC(=O)C1CCCCN1C(=O)C1CCCN1C(=O)CC(C)OC(=O)C1CCCN1C.CCc1ccc(NC=O)cc1.CNCC(N)=O.Cc1ccccc1. The van der Waals surface area contributed by atoms with Crippen LogP contribution in [0, 0.1) is 6.92 Å². The summed E-state index contributed by atoms with van der Waals surface area (Å²) in [5, 5.41) is 7.82. The minimum atomic E-state index is -0.635. The molecule has 0 saturated carbocycles. The molecule has 15 nitrogen and oxygen atoms in total. The Hall–Kier alpha value is -5.15. The molecular formula is C45H71N7O8. The minimum absolute atomic E-state index is 0.0206. The molecule has 0 radical (unpaired) electrons. The van der Waals surface area contributed by atoms with Crippen molar-refractivity contribution in [3.63, 3.8) is 0 Å². The summed E-state index contributed by atoms with van der Waals surface area (Å²) in [5.74, 6) is -1.40. The van der Waals surface area contributed by atoms with E-state index in [1.165, 1.54) is 11.1 Å². The lowest BCUT2D eigenvalue weighted by molar-refractivity contribution is -0.156. The van der Waals surface area contributed by atoms with E-state index in [0.717, 1.165) is 44.3 Å². The Morgan fingerprint density at radius 3 is 1.93 bits per heavy atom. The number of likely N-dealkylation sites (N-methyl/N-ethyl adjacent to an activating group) is 2. The van der Waals surface area contributed by atoms with E-state index in [4.69, 9.17) is 10.5 Å². The first kappa shape index (κ1) is 52.9. The van der Waals surface area contributed by atoms with Gasteiger partial charge in [-0.05, 0) is 110 Å². The number of carbonyl (C=O) groups is 7. The number of rotatable bonds is 13.